The van der Waals surface area contributed by atoms with E-state index in [0.29, 0.717) is 13.2 Å². The second-order valence-electron chi connectivity index (χ2n) is 5.64. The first-order chi connectivity index (χ1) is 11.9. The Morgan fingerprint density at radius 3 is 2.20 bits per heavy atom. The van der Waals surface area contributed by atoms with Crippen molar-refractivity contribution in [2.75, 3.05) is 39.5 Å². The van der Waals surface area contributed by atoms with E-state index in [9.17, 15) is 19.2 Å². The molecule has 0 radical (unpaired) electrons. The van der Waals surface area contributed by atoms with Crippen LogP contribution < -0.4 is 10.6 Å². The Morgan fingerprint density at radius 1 is 1.00 bits per heavy atom. The van der Waals surface area contributed by atoms with Gasteiger partial charge in [0, 0.05) is 24.6 Å². The molecule has 0 saturated heterocycles. The fraction of sp³-hybridized carbons (Fsp3) is 0.625. The van der Waals surface area contributed by atoms with Gasteiger partial charge in [-0.15, -0.1) is 0 Å². The molecule has 1 aliphatic rings. The molecular weight excluding hydrogens is 330 g/mol. The fourth-order valence-electron chi connectivity index (χ4n) is 1.93. The summed E-state index contributed by atoms with van der Waals surface area (Å²) in [6, 6.07) is 0.0331. The Labute approximate surface area is 146 Å². The van der Waals surface area contributed by atoms with E-state index in [1.54, 1.807) is 0 Å². The SMILES string of the molecule is CC(C)NC(=O)CNC(=O)CCOCCOCCN1C(=O)C=CC1=O. The van der Waals surface area contributed by atoms with Crippen LogP contribution in [0.3, 0.4) is 0 Å². The predicted molar refractivity (Wildman–Crippen MR) is 88.4 cm³/mol. The lowest BCUT2D eigenvalue weighted by Gasteiger charge is -2.13. The Bertz CT molecular complexity index is 500. The minimum Gasteiger partial charge on any atom is -0.379 e. The van der Waals surface area contributed by atoms with Gasteiger partial charge >= 0.3 is 0 Å². The highest BCUT2D eigenvalue weighted by Gasteiger charge is 2.22. The maximum absolute atomic E-state index is 11.5. The number of hydrogen-bond donors (Lipinski definition) is 2. The Kier molecular flexibility index (Phi) is 9.41. The third-order valence-electron chi connectivity index (χ3n) is 3.10. The van der Waals surface area contributed by atoms with E-state index in [2.05, 4.69) is 10.6 Å². The van der Waals surface area contributed by atoms with Gasteiger partial charge in [-0.2, -0.15) is 0 Å². The van der Waals surface area contributed by atoms with Gasteiger partial charge in [0.05, 0.1) is 39.5 Å². The molecule has 9 nitrogen and oxygen atoms in total. The van der Waals surface area contributed by atoms with Gasteiger partial charge < -0.3 is 20.1 Å². The van der Waals surface area contributed by atoms with Gasteiger partial charge in [-0.25, -0.2) is 0 Å². The summed E-state index contributed by atoms with van der Waals surface area (Å²) in [7, 11) is 0. The molecule has 140 valence electrons. The van der Waals surface area contributed by atoms with E-state index in [-0.39, 0.29) is 62.4 Å². The zero-order valence-electron chi connectivity index (χ0n) is 14.6. The van der Waals surface area contributed by atoms with Gasteiger partial charge in [-0.1, -0.05) is 0 Å². The van der Waals surface area contributed by atoms with E-state index in [1.165, 1.54) is 12.2 Å². The number of amides is 4. The van der Waals surface area contributed by atoms with Crippen molar-refractivity contribution in [1.29, 1.82) is 0 Å². The van der Waals surface area contributed by atoms with Gasteiger partial charge in [0.2, 0.25) is 11.8 Å². The molecule has 1 aliphatic heterocycles. The molecule has 0 atom stereocenters. The van der Waals surface area contributed by atoms with Gasteiger partial charge in [0.1, 0.15) is 0 Å². The van der Waals surface area contributed by atoms with Crippen molar-refractivity contribution in [3.8, 4) is 0 Å². The minimum absolute atomic E-state index is 0.0331. The van der Waals surface area contributed by atoms with Crippen molar-refractivity contribution in [3.05, 3.63) is 12.2 Å². The van der Waals surface area contributed by atoms with E-state index in [1.807, 2.05) is 13.8 Å². The highest BCUT2D eigenvalue weighted by atomic mass is 16.5. The summed E-state index contributed by atoms with van der Waals surface area (Å²) in [5.41, 5.74) is 0. The summed E-state index contributed by atoms with van der Waals surface area (Å²) >= 11 is 0. The maximum atomic E-state index is 11.5. The molecule has 0 bridgehead atoms. The molecule has 4 amide bonds. The first-order valence-corrected chi connectivity index (χ1v) is 8.15. The summed E-state index contributed by atoms with van der Waals surface area (Å²) in [4.78, 5) is 46.5. The standard InChI is InChI=1S/C16H25N3O6/c1-12(2)18-14(21)11-17-13(20)5-7-24-9-10-25-8-6-19-15(22)3-4-16(19)23/h3-4,12H,5-11H2,1-2H3,(H,17,20)(H,18,21). The quantitative estimate of drug-likeness (QED) is 0.342. The van der Waals surface area contributed by atoms with Gasteiger partial charge in [-0.05, 0) is 13.8 Å². The number of carbonyl (C=O) groups is 4. The minimum atomic E-state index is -0.335. The summed E-state index contributed by atoms with van der Waals surface area (Å²) in [5, 5.41) is 5.17. The van der Waals surface area contributed by atoms with Crippen LogP contribution in [0.25, 0.3) is 0 Å². The number of nitrogens with zero attached hydrogens (tertiary/aromatic N) is 1. The van der Waals surface area contributed by atoms with Crippen LogP contribution in [-0.2, 0) is 28.7 Å². The van der Waals surface area contributed by atoms with E-state index in [4.69, 9.17) is 9.47 Å². The Balaban J connectivity index is 1.93. The number of nitrogens with one attached hydrogen (secondary N) is 2. The largest absolute Gasteiger partial charge is 0.379 e. The normalized spacial score (nSPS) is 13.6. The van der Waals surface area contributed by atoms with Gasteiger partial charge in [0.25, 0.3) is 11.8 Å². The second-order valence-corrected chi connectivity index (χ2v) is 5.64. The first-order valence-electron chi connectivity index (χ1n) is 8.15. The Hall–Kier alpha value is -2.26. The van der Waals surface area contributed by atoms with Crippen molar-refractivity contribution in [2.24, 2.45) is 0 Å². The summed E-state index contributed by atoms with van der Waals surface area (Å²) in [6.45, 7) is 4.86. The number of ether oxygens (including phenoxy) is 2. The van der Waals surface area contributed by atoms with E-state index >= 15 is 0 Å². The molecule has 0 aromatic heterocycles. The summed E-state index contributed by atoms with van der Waals surface area (Å²) in [6.07, 6.45) is 2.60. The molecule has 0 aromatic rings. The van der Waals surface area contributed by atoms with Crippen molar-refractivity contribution < 1.29 is 28.7 Å². The lowest BCUT2D eigenvalue weighted by molar-refractivity contribution is -0.137. The number of hydrogen-bond acceptors (Lipinski definition) is 6. The number of carbonyl (C=O) groups excluding carboxylic acids is 4. The van der Waals surface area contributed by atoms with Crippen LogP contribution in [0.4, 0.5) is 0 Å². The third kappa shape index (κ3) is 8.96. The van der Waals surface area contributed by atoms with Crippen molar-refractivity contribution >= 4 is 23.6 Å². The molecule has 1 heterocycles. The topological polar surface area (TPSA) is 114 Å². The monoisotopic (exact) mass is 355 g/mol. The molecule has 1 rings (SSSR count). The van der Waals surface area contributed by atoms with E-state index in [0.717, 1.165) is 4.90 Å². The van der Waals surface area contributed by atoms with Crippen molar-refractivity contribution in [3.63, 3.8) is 0 Å². The fourth-order valence-corrected chi connectivity index (χ4v) is 1.93. The molecule has 25 heavy (non-hydrogen) atoms. The van der Waals surface area contributed by atoms with Crippen LogP contribution >= 0.6 is 0 Å². The highest BCUT2D eigenvalue weighted by Crippen LogP contribution is 2.02. The highest BCUT2D eigenvalue weighted by molar-refractivity contribution is 6.12. The lowest BCUT2D eigenvalue weighted by Crippen LogP contribution is -2.40. The van der Waals surface area contributed by atoms with Crippen molar-refractivity contribution in [1.82, 2.24) is 15.5 Å². The average Bonchev–Trinajstić information content (AvgIpc) is 2.86. The van der Waals surface area contributed by atoms with Gasteiger partial charge in [-0.3, -0.25) is 24.1 Å². The zero-order valence-corrected chi connectivity index (χ0v) is 14.6. The number of rotatable bonds is 12. The predicted octanol–water partition coefficient (Wildman–Crippen LogP) is -1.02. The molecule has 0 aromatic carbocycles. The van der Waals surface area contributed by atoms with Crippen molar-refractivity contribution in [2.45, 2.75) is 26.3 Å². The van der Waals surface area contributed by atoms with Crippen LogP contribution in [0.1, 0.15) is 20.3 Å². The summed E-state index contributed by atoms with van der Waals surface area (Å²) < 4.78 is 10.5. The average molecular weight is 355 g/mol. The molecule has 2 N–H and O–H groups in total. The lowest BCUT2D eigenvalue weighted by atomic mass is 10.3. The molecule has 0 spiro atoms. The molecule has 0 saturated carbocycles. The van der Waals surface area contributed by atoms with Crippen LogP contribution in [0.5, 0.6) is 0 Å². The molecule has 9 heteroatoms. The van der Waals surface area contributed by atoms with Crippen LogP contribution in [0, 0.1) is 0 Å². The molecule has 0 unspecified atom stereocenters. The maximum Gasteiger partial charge on any atom is 0.253 e. The van der Waals surface area contributed by atoms with E-state index < -0.39 is 0 Å². The van der Waals surface area contributed by atoms with Crippen LogP contribution in [-0.4, -0.2) is 74.1 Å². The van der Waals surface area contributed by atoms with Gasteiger partial charge in [0.15, 0.2) is 0 Å². The Morgan fingerprint density at radius 2 is 1.60 bits per heavy atom. The van der Waals surface area contributed by atoms with Crippen LogP contribution in [0.2, 0.25) is 0 Å². The number of imide groups is 1. The third-order valence-corrected chi connectivity index (χ3v) is 3.10. The zero-order chi connectivity index (χ0) is 18.7. The summed E-state index contributed by atoms with van der Waals surface area (Å²) in [5.74, 6) is -1.17. The smallest absolute Gasteiger partial charge is 0.253 e. The molecule has 0 aliphatic carbocycles. The second kappa shape index (κ2) is 11.3. The van der Waals surface area contributed by atoms with Crippen LogP contribution in [0.15, 0.2) is 12.2 Å². The molecular formula is C16H25N3O6. The first kappa shape index (κ1) is 20.8. The molecule has 0 fully saturated rings.